The minimum Gasteiger partial charge on any atom is -0.461 e. The topological polar surface area (TPSA) is 417 Å². The van der Waals surface area contributed by atoms with Gasteiger partial charge in [0.15, 0.2) is 20.0 Å². The fraction of sp³-hybridized carbons (Fsp3) is 0.220. The third-order valence-electron chi connectivity index (χ3n) is 19.0. The Morgan fingerprint density at radius 1 is 0.343 bits per heavy atom. The standard InChI is InChI=1S/3C20H13F6N7OS.C13H14F3N3.C9H8N4O2S/c3*1-10(13-3-2-11(19(21,22)23)6-14(13)20(24,25)26)33-9-12(7-29-33)30-16(34)18-32-31-17(35-18)15-8-27-4-5-28-15;1-8-3-4-11(12(5-8)13(14,15)16)9(2)19-7-10(17)6-18-19;1-2-15-9(14)8-13-12-7(16-8)6-5-10-3-4-11-6/h3*2-10H,1H3,(H,30,34);3-7,9H,17H2,1-2H3;3-5H,2H2,1H3/t2*10-;;;/m10.../s1. The predicted molar refractivity (Wildman–Crippen MR) is 458 cm³/mol. The van der Waals surface area contributed by atoms with Gasteiger partial charge < -0.3 is 26.4 Å². The number of amides is 3. The molecule has 4 atom stereocenters. The molecule has 16 aromatic rings. The van der Waals surface area contributed by atoms with E-state index in [1.165, 1.54) is 137 Å². The van der Waals surface area contributed by atoms with E-state index in [1.807, 2.05) is 0 Å². The number of nitrogens with zero attached hydrogens (tertiary/aromatic N) is 24. The van der Waals surface area contributed by atoms with Gasteiger partial charge in [-0.25, -0.2) is 4.79 Å². The van der Waals surface area contributed by atoms with Crippen molar-refractivity contribution < 1.29 is 116 Å². The highest BCUT2D eigenvalue weighted by Crippen LogP contribution is 2.45. The second kappa shape index (κ2) is 43.0. The van der Waals surface area contributed by atoms with Gasteiger partial charge in [-0.15, -0.1) is 40.8 Å². The summed E-state index contributed by atoms with van der Waals surface area (Å²) < 4.78 is 287. The average molecular weight is 2050 g/mol. The number of rotatable bonds is 20. The summed E-state index contributed by atoms with van der Waals surface area (Å²) in [6, 6.07) is 4.75. The van der Waals surface area contributed by atoms with E-state index in [9.17, 15) is 111 Å². The maximum absolute atomic E-state index is 13.5. The maximum Gasteiger partial charge on any atom is 0.416 e. The quantitative estimate of drug-likeness (QED) is 0.0407. The number of nitrogen functional groups attached to an aromatic ring is 1. The normalized spacial score (nSPS) is 12.7. The van der Waals surface area contributed by atoms with Crippen LogP contribution < -0.4 is 21.7 Å². The Morgan fingerprint density at radius 3 is 0.864 bits per heavy atom. The van der Waals surface area contributed by atoms with Crippen LogP contribution in [0, 0.1) is 6.92 Å². The molecule has 3 amide bonds. The molecule has 5 N–H and O–H groups in total. The number of aromatic nitrogens is 24. The molecule has 2 unspecified atom stereocenters. The zero-order chi connectivity index (χ0) is 102. The zero-order valence-corrected chi connectivity index (χ0v) is 74.7. The van der Waals surface area contributed by atoms with Gasteiger partial charge in [0.1, 0.15) is 22.8 Å². The summed E-state index contributed by atoms with van der Waals surface area (Å²) in [4.78, 5) is 80.7. The molecule has 0 spiro atoms. The van der Waals surface area contributed by atoms with Gasteiger partial charge in [-0.2, -0.15) is 113 Å². The summed E-state index contributed by atoms with van der Waals surface area (Å²) in [5.41, 5.74) is -1.40. The van der Waals surface area contributed by atoms with Gasteiger partial charge in [0.25, 0.3) is 17.7 Å². The van der Waals surface area contributed by atoms with Crippen LogP contribution in [0.15, 0.2) is 197 Å². The Kier molecular flexibility index (Phi) is 31.8. The Hall–Kier alpha value is -15.5. The van der Waals surface area contributed by atoms with Gasteiger partial charge >= 0.3 is 49.2 Å². The molecule has 0 aliphatic carbocycles. The number of nitrogens with two attached hydrogens (primary N) is 1. The number of alkyl halides is 21. The molecule has 0 bridgehead atoms. The second-order valence-corrected chi connectivity index (χ2v) is 32.6. The number of hydrogen-bond acceptors (Lipinski definition) is 30. The number of aryl methyl sites for hydroxylation is 1. The minimum absolute atomic E-state index is 0.00597. The van der Waals surface area contributed by atoms with Crippen LogP contribution in [-0.2, 0) is 48.0 Å². The van der Waals surface area contributed by atoms with Crippen LogP contribution in [0.5, 0.6) is 0 Å². The van der Waals surface area contributed by atoms with Gasteiger partial charge in [0.2, 0.25) is 20.0 Å². The van der Waals surface area contributed by atoms with E-state index < -0.39 is 147 Å². The molecule has 0 radical (unpaired) electrons. The SMILES string of the molecule is CC(c1ccc(C(F)(F)F)cc1C(F)(F)F)n1cc(NC(=O)c2nnc(-c3cnccn3)s2)cn1.CCOC(=O)c1nnc(-c2cnccn2)s1.C[C@@H](c1ccc(C(F)(F)F)cc1C(F)(F)F)n1cc(NC(=O)c2nnc(-c3cnccn3)s2)cn1.C[C@H](c1ccc(C(F)(F)F)cc1C(F)(F)F)n1cc(NC(=O)c2nnc(-c3cnccn3)s2)cn1.Cc1ccc(C(C)n2cc(N)cn2)c(C(F)(F)F)c1. The molecule has 4 aromatic carbocycles. The van der Waals surface area contributed by atoms with Crippen LogP contribution in [0.4, 0.5) is 115 Å². The van der Waals surface area contributed by atoms with Crippen molar-refractivity contribution >= 4 is 91.8 Å². The largest absolute Gasteiger partial charge is 0.461 e. The number of nitrogens with one attached hydrogen (secondary N) is 3. The molecular weight excluding hydrogens is 1980 g/mol. The Balaban J connectivity index is 0.000000161. The average Bonchev–Trinajstić information content (AvgIpc) is 1.62. The summed E-state index contributed by atoms with van der Waals surface area (Å²) in [7, 11) is 0. The van der Waals surface area contributed by atoms with Crippen molar-refractivity contribution in [3.63, 3.8) is 0 Å². The lowest BCUT2D eigenvalue weighted by atomic mass is 9.98. The van der Waals surface area contributed by atoms with Crippen LogP contribution >= 0.6 is 45.3 Å². The molecule has 0 saturated carbocycles. The smallest absolute Gasteiger partial charge is 0.416 e. The van der Waals surface area contributed by atoms with Crippen molar-refractivity contribution in [2.45, 2.75) is 109 Å². The van der Waals surface area contributed by atoms with E-state index in [-0.39, 0.29) is 60.9 Å². The summed E-state index contributed by atoms with van der Waals surface area (Å²) in [5.74, 6) is -2.39. The first kappa shape index (κ1) is 103. The Bertz CT molecular complexity index is 6470. The van der Waals surface area contributed by atoms with Crippen molar-refractivity contribution in [1.29, 1.82) is 0 Å². The molecular formula is C82H61F21N28O5S4. The van der Waals surface area contributed by atoms with Crippen molar-refractivity contribution in [2.75, 3.05) is 28.3 Å². The fourth-order valence-corrected chi connectivity index (χ4v) is 15.1. The molecule has 0 aliphatic heterocycles. The number of ether oxygens (including phenoxy) is 1. The Morgan fingerprint density at radius 2 is 0.607 bits per heavy atom. The van der Waals surface area contributed by atoms with Crippen molar-refractivity contribution in [3.05, 3.63) is 284 Å². The van der Waals surface area contributed by atoms with E-state index in [1.54, 1.807) is 45.4 Å². The first-order valence-corrected chi connectivity index (χ1v) is 42.6. The van der Waals surface area contributed by atoms with Crippen LogP contribution in [0.1, 0.15) is 165 Å². The molecule has 140 heavy (non-hydrogen) atoms. The van der Waals surface area contributed by atoms with E-state index in [4.69, 9.17) is 10.5 Å². The van der Waals surface area contributed by atoms with Crippen molar-refractivity contribution in [1.82, 2.24) is 120 Å². The fourth-order valence-electron chi connectivity index (χ4n) is 12.3. The van der Waals surface area contributed by atoms with E-state index in [2.05, 4.69) is 117 Å². The minimum atomic E-state index is -5.02. The molecule has 0 saturated heterocycles. The lowest BCUT2D eigenvalue weighted by Gasteiger charge is -2.20. The lowest BCUT2D eigenvalue weighted by Crippen LogP contribution is -2.17. The molecule has 0 aliphatic rings. The summed E-state index contributed by atoms with van der Waals surface area (Å²) in [6.45, 7) is 9.38. The van der Waals surface area contributed by atoms with E-state index in [0.717, 1.165) is 83.7 Å². The monoisotopic (exact) mass is 2040 g/mol. The van der Waals surface area contributed by atoms with E-state index >= 15 is 0 Å². The maximum atomic E-state index is 13.5. The van der Waals surface area contributed by atoms with E-state index in [0.29, 0.717) is 78.9 Å². The van der Waals surface area contributed by atoms with Gasteiger partial charge in [-0.1, -0.05) is 81.2 Å². The highest BCUT2D eigenvalue weighted by atomic mass is 32.1. The lowest BCUT2D eigenvalue weighted by molar-refractivity contribution is -0.145. The first-order chi connectivity index (χ1) is 65.9. The molecule has 0 fully saturated rings. The summed E-state index contributed by atoms with van der Waals surface area (Å²) in [6.07, 6.45) is -6.15. The third-order valence-corrected chi connectivity index (χ3v) is 22.8. The molecule has 730 valence electrons. The molecule has 16 rings (SSSR count). The summed E-state index contributed by atoms with van der Waals surface area (Å²) >= 11 is 3.99. The van der Waals surface area contributed by atoms with Crippen LogP contribution in [-0.4, -0.2) is 150 Å². The summed E-state index contributed by atoms with van der Waals surface area (Å²) in [5, 5.41) is 55.7. The van der Waals surface area contributed by atoms with Gasteiger partial charge in [-0.05, 0) is 106 Å². The number of esters is 1. The number of anilines is 4. The number of carbonyl (C=O) groups excluding carboxylic acids is 4. The van der Waals surface area contributed by atoms with Gasteiger partial charge in [0.05, 0.1) is 142 Å². The number of benzene rings is 4. The molecule has 58 heteroatoms. The first-order valence-electron chi connectivity index (χ1n) is 39.4. The molecule has 12 aromatic heterocycles. The number of carbonyl (C=O) groups is 4. The Labute approximate surface area is 787 Å². The van der Waals surface area contributed by atoms with Gasteiger partial charge in [0, 0.05) is 74.4 Å². The highest BCUT2D eigenvalue weighted by molar-refractivity contribution is 7.17. The van der Waals surface area contributed by atoms with Crippen molar-refractivity contribution in [2.24, 2.45) is 0 Å². The van der Waals surface area contributed by atoms with Crippen LogP contribution in [0.25, 0.3) is 42.8 Å². The predicted octanol–water partition coefficient (Wildman–Crippen LogP) is 19.8. The van der Waals surface area contributed by atoms with Crippen LogP contribution in [0.2, 0.25) is 0 Å². The zero-order valence-electron chi connectivity index (χ0n) is 71.4. The van der Waals surface area contributed by atoms with Crippen molar-refractivity contribution in [3.8, 4) is 42.8 Å². The van der Waals surface area contributed by atoms with Gasteiger partial charge in [-0.3, -0.25) is 73.0 Å². The second-order valence-electron chi connectivity index (χ2n) is 28.7. The number of hydrogen-bond donors (Lipinski definition) is 4. The highest BCUT2D eigenvalue weighted by Gasteiger charge is 2.44. The van der Waals surface area contributed by atoms with Crippen LogP contribution in [0.3, 0.4) is 0 Å². The third kappa shape index (κ3) is 26.4. The molecule has 12 heterocycles. The number of halogens is 21. The molecule has 33 nitrogen and oxygen atoms in total.